The fourth-order valence-corrected chi connectivity index (χ4v) is 3.45. The second-order valence-electron chi connectivity index (χ2n) is 6.53. The third kappa shape index (κ3) is 3.37. The summed E-state index contributed by atoms with van der Waals surface area (Å²) in [6.07, 6.45) is -0.529. The van der Waals surface area contributed by atoms with Crippen LogP contribution in [0, 0.1) is 0 Å². The smallest absolute Gasteiger partial charge is 0.140 e. The molecular formula is C20H23N3O3. The Labute approximate surface area is 152 Å². The Morgan fingerprint density at radius 2 is 1.77 bits per heavy atom. The Bertz CT molecular complexity index is 870. The highest BCUT2D eigenvalue weighted by molar-refractivity contribution is 5.78. The average molecular weight is 353 g/mol. The first-order valence-corrected chi connectivity index (χ1v) is 8.92. The summed E-state index contributed by atoms with van der Waals surface area (Å²) in [6, 6.07) is 15.6. The predicted molar refractivity (Wildman–Crippen MR) is 99.2 cm³/mol. The van der Waals surface area contributed by atoms with Crippen molar-refractivity contribution in [2.75, 3.05) is 32.8 Å². The van der Waals surface area contributed by atoms with E-state index in [1.165, 1.54) is 0 Å². The molecule has 1 unspecified atom stereocenters. The molecule has 4 rings (SSSR count). The van der Waals surface area contributed by atoms with Crippen LogP contribution in [0.3, 0.4) is 0 Å². The van der Waals surface area contributed by atoms with E-state index >= 15 is 0 Å². The van der Waals surface area contributed by atoms with Crippen LogP contribution in [0.5, 0.6) is 0 Å². The molecule has 1 fully saturated rings. The third-order valence-electron chi connectivity index (χ3n) is 4.84. The zero-order valence-electron chi connectivity index (χ0n) is 14.6. The van der Waals surface area contributed by atoms with Crippen LogP contribution >= 0.6 is 0 Å². The molecule has 1 atom stereocenters. The van der Waals surface area contributed by atoms with Gasteiger partial charge in [-0.3, -0.25) is 9.47 Å². The number of aliphatic hydroxyl groups excluding tert-OH is 2. The van der Waals surface area contributed by atoms with Crippen molar-refractivity contribution in [1.29, 1.82) is 0 Å². The van der Waals surface area contributed by atoms with Crippen LogP contribution in [0.4, 0.5) is 0 Å². The molecule has 0 saturated carbocycles. The molecule has 0 aliphatic carbocycles. The number of ether oxygens (including phenoxy) is 1. The Kier molecular flexibility index (Phi) is 4.99. The van der Waals surface area contributed by atoms with Crippen molar-refractivity contribution in [3.05, 3.63) is 59.9 Å². The van der Waals surface area contributed by atoms with Crippen LogP contribution in [0.15, 0.2) is 48.5 Å². The molecule has 1 aliphatic heterocycles. The molecule has 26 heavy (non-hydrogen) atoms. The number of benzene rings is 2. The highest BCUT2D eigenvalue weighted by atomic mass is 16.5. The summed E-state index contributed by atoms with van der Waals surface area (Å²) in [6.45, 7) is 3.65. The summed E-state index contributed by atoms with van der Waals surface area (Å²) >= 11 is 0. The lowest BCUT2D eigenvalue weighted by atomic mass is 10.1. The van der Waals surface area contributed by atoms with Gasteiger partial charge in [-0.25, -0.2) is 4.98 Å². The number of hydrogen-bond donors (Lipinski definition) is 2. The maximum Gasteiger partial charge on any atom is 0.140 e. The molecule has 0 bridgehead atoms. The summed E-state index contributed by atoms with van der Waals surface area (Å²) < 4.78 is 7.30. The average Bonchev–Trinajstić information content (AvgIpc) is 3.07. The monoisotopic (exact) mass is 353 g/mol. The second kappa shape index (κ2) is 7.55. The fraction of sp³-hybridized carbons (Fsp3) is 0.350. The summed E-state index contributed by atoms with van der Waals surface area (Å²) in [5.74, 6) is 0.604. The van der Waals surface area contributed by atoms with E-state index < -0.39 is 6.10 Å². The number of para-hydroxylation sites is 2. The van der Waals surface area contributed by atoms with Crippen LogP contribution in [-0.2, 0) is 11.3 Å². The zero-order chi connectivity index (χ0) is 17.9. The number of rotatable bonds is 5. The molecular weight excluding hydrogens is 330 g/mol. The second-order valence-corrected chi connectivity index (χ2v) is 6.53. The number of aromatic nitrogens is 2. The van der Waals surface area contributed by atoms with Crippen LogP contribution in [0.25, 0.3) is 16.7 Å². The molecule has 2 N–H and O–H groups in total. The summed E-state index contributed by atoms with van der Waals surface area (Å²) in [4.78, 5) is 6.71. The molecule has 1 aliphatic rings. The normalized spacial score (nSPS) is 16.8. The molecule has 0 amide bonds. The molecule has 6 nitrogen and oxygen atoms in total. The van der Waals surface area contributed by atoms with Gasteiger partial charge in [-0.15, -0.1) is 0 Å². The Morgan fingerprint density at radius 1 is 1.04 bits per heavy atom. The molecule has 1 saturated heterocycles. The molecule has 0 radical (unpaired) electrons. The van der Waals surface area contributed by atoms with E-state index in [2.05, 4.69) is 9.88 Å². The van der Waals surface area contributed by atoms with Crippen molar-refractivity contribution in [3.63, 3.8) is 0 Å². The highest BCUT2D eigenvalue weighted by Crippen LogP contribution is 2.23. The van der Waals surface area contributed by atoms with E-state index in [9.17, 15) is 10.2 Å². The fourth-order valence-electron chi connectivity index (χ4n) is 3.45. The Morgan fingerprint density at radius 3 is 2.50 bits per heavy atom. The van der Waals surface area contributed by atoms with Gasteiger partial charge in [-0.2, -0.15) is 0 Å². The first-order chi connectivity index (χ1) is 12.8. The van der Waals surface area contributed by atoms with Gasteiger partial charge in [0.25, 0.3) is 0 Å². The van der Waals surface area contributed by atoms with E-state index in [0.717, 1.165) is 48.6 Å². The number of fused-ring (bicyclic) bond motifs is 1. The van der Waals surface area contributed by atoms with Gasteiger partial charge in [0.1, 0.15) is 12.4 Å². The van der Waals surface area contributed by atoms with Gasteiger partial charge in [0.15, 0.2) is 0 Å². The minimum Gasteiger partial charge on any atom is -0.388 e. The maximum absolute atomic E-state index is 10.5. The lowest BCUT2D eigenvalue weighted by molar-refractivity contribution is 0.0143. The maximum atomic E-state index is 10.5. The molecule has 2 heterocycles. The van der Waals surface area contributed by atoms with Gasteiger partial charge < -0.3 is 14.9 Å². The predicted octanol–water partition coefficient (Wildman–Crippen LogP) is 1.88. The number of hydrogen-bond acceptors (Lipinski definition) is 5. The van der Waals surface area contributed by atoms with E-state index in [4.69, 9.17) is 4.74 Å². The molecule has 0 spiro atoms. The highest BCUT2D eigenvalue weighted by Gasteiger charge is 2.17. The molecule has 136 valence electrons. The van der Waals surface area contributed by atoms with E-state index in [0.29, 0.717) is 12.4 Å². The van der Waals surface area contributed by atoms with Crippen molar-refractivity contribution < 1.29 is 14.9 Å². The SMILES string of the molecule is OCc1nc2ccccc2n1-c1ccc(C(O)CN2CCOCC2)cc1. The first kappa shape index (κ1) is 17.2. The van der Waals surface area contributed by atoms with Crippen molar-refractivity contribution in [3.8, 4) is 5.69 Å². The van der Waals surface area contributed by atoms with E-state index in [-0.39, 0.29) is 6.61 Å². The van der Waals surface area contributed by atoms with Crippen molar-refractivity contribution in [1.82, 2.24) is 14.5 Å². The Hall–Kier alpha value is -2.25. The van der Waals surface area contributed by atoms with Gasteiger partial charge in [0.2, 0.25) is 0 Å². The van der Waals surface area contributed by atoms with Crippen LogP contribution in [-0.4, -0.2) is 57.5 Å². The van der Waals surface area contributed by atoms with Gasteiger partial charge in [0, 0.05) is 25.3 Å². The largest absolute Gasteiger partial charge is 0.388 e. The molecule has 6 heteroatoms. The van der Waals surface area contributed by atoms with Crippen molar-refractivity contribution >= 4 is 11.0 Å². The standard InChI is InChI=1S/C20H23N3O3/c24-14-20-21-17-3-1-2-4-18(17)23(20)16-7-5-15(6-8-16)19(25)13-22-9-11-26-12-10-22/h1-8,19,24-25H,9-14H2. The van der Waals surface area contributed by atoms with Crippen LogP contribution < -0.4 is 0 Å². The number of morpholine rings is 1. The quantitative estimate of drug-likeness (QED) is 0.733. The summed E-state index contributed by atoms with van der Waals surface area (Å²) in [5.41, 5.74) is 3.62. The first-order valence-electron chi connectivity index (χ1n) is 8.92. The van der Waals surface area contributed by atoms with Crippen LogP contribution in [0.2, 0.25) is 0 Å². The molecule has 2 aromatic carbocycles. The summed E-state index contributed by atoms with van der Waals surface area (Å²) in [5, 5.41) is 20.2. The number of imidazole rings is 1. The van der Waals surface area contributed by atoms with Gasteiger partial charge >= 0.3 is 0 Å². The molecule has 3 aromatic rings. The number of nitrogens with zero attached hydrogens (tertiary/aromatic N) is 3. The lowest BCUT2D eigenvalue weighted by Gasteiger charge is -2.28. The van der Waals surface area contributed by atoms with Crippen molar-refractivity contribution in [2.24, 2.45) is 0 Å². The third-order valence-corrected chi connectivity index (χ3v) is 4.84. The minimum atomic E-state index is -0.529. The summed E-state index contributed by atoms with van der Waals surface area (Å²) in [7, 11) is 0. The van der Waals surface area contributed by atoms with Gasteiger partial charge in [-0.05, 0) is 29.8 Å². The van der Waals surface area contributed by atoms with E-state index in [1.807, 2.05) is 53.1 Å². The minimum absolute atomic E-state index is 0.129. The van der Waals surface area contributed by atoms with Gasteiger partial charge in [-0.1, -0.05) is 24.3 Å². The number of aliphatic hydroxyl groups is 2. The van der Waals surface area contributed by atoms with Gasteiger partial charge in [0.05, 0.1) is 30.4 Å². The van der Waals surface area contributed by atoms with E-state index in [1.54, 1.807) is 0 Å². The Balaban J connectivity index is 1.58. The van der Waals surface area contributed by atoms with Crippen LogP contribution in [0.1, 0.15) is 17.5 Å². The number of β-amino-alcohol motifs (C(OH)–C–C–N with tert-alkyl or cyclic N) is 1. The lowest BCUT2D eigenvalue weighted by Crippen LogP contribution is -2.38. The van der Waals surface area contributed by atoms with Crippen molar-refractivity contribution in [2.45, 2.75) is 12.7 Å². The topological polar surface area (TPSA) is 70.8 Å². The molecule has 1 aromatic heterocycles. The zero-order valence-corrected chi connectivity index (χ0v) is 14.6.